The molecule has 0 radical (unpaired) electrons. The van der Waals surface area contributed by atoms with Crippen molar-refractivity contribution in [2.75, 3.05) is 4.90 Å². The number of amides is 2. The average molecular weight is 473 g/mol. The molecule has 0 aromatic heterocycles. The molecule has 2 bridgehead atoms. The van der Waals surface area contributed by atoms with E-state index < -0.39 is 45.6 Å². The topological polar surface area (TPSA) is 97.6 Å². The monoisotopic (exact) mass is 472 g/mol. The maximum atomic E-state index is 14.0. The molecule has 4 aliphatic rings. The zero-order valence-corrected chi connectivity index (χ0v) is 18.7. The van der Waals surface area contributed by atoms with Gasteiger partial charge >= 0.3 is 0 Å². The van der Waals surface area contributed by atoms with E-state index in [2.05, 4.69) is 0 Å². The third-order valence-corrected chi connectivity index (χ3v) is 7.78. The molecule has 2 atom stereocenters. The zero-order chi connectivity index (χ0) is 23.9. The van der Waals surface area contributed by atoms with E-state index in [1.807, 2.05) is 48.5 Å². The summed E-state index contributed by atoms with van der Waals surface area (Å²) >= 11 is 5.97. The number of nitrogens with zero attached hydrogens (tertiary/aromatic N) is 2. The van der Waals surface area contributed by atoms with Gasteiger partial charge in [-0.1, -0.05) is 60.1 Å². The Bertz CT molecular complexity index is 1420. The molecular formula is C26H17ClN2O5. The molecule has 1 fully saturated rings. The van der Waals surface area contributed by atoms with Crippen LogP contribution in [-0.2, 0) is 19.8 Å². The van der Waals surface area contributed by atoms with Crippen LogP contribution in [0.2, 0.25) is 5.02 Å². The first-order valence-corrected chi connectivity index (χ1v) is 11.2. The molecule has 8 heteroatoms. The number of halogens is 1. The molecule has 0 N–H and O–H groups in total. The van der Waals surface area contributed by atoms with Crippen LogP contribution in [0.5, 0.6) is 0 Å². The summed E-state index contributed by atoms with van der Waals surface area (Å²) < 4.78 is 0. The SMILES string of the molecule is CC(=O)C12c3ccccc3C(c3ccccc31)[C@H]1C(=O)N(c3ccc(Cl)cc3[N+](=O)[O-])C(=O)[C@@H]12. The van der Waals surface area contributed by atoms with E-state index in [1.165, 1.54) is 19.1 Å². The summed E-state index contributed by atoms with van der Waals surface area (Å²) in [5, 5.41) is 11.9. The van der Waals surface area contributed by atoms with Crippen LogP contribution in [0.4, 0.5) is 11.4 Å². The van der Waals surface area contributed by atoms with Crippen molar-refractivity contribution in [3.8, 4) is 0 Å². The van der Waals surface area contributed by atoms with Crippen LogP contribution in [0.1, 0.15) is 35.1 Å². The van der Waals surface area contributed by atoms with Gasteiger partial charge in [0.2, 0.25) is 11.8 Å². The number of imide groups is 1. The van der Waals surface area contributed by atoms with E-state index in [4.69, 9.17) is 11.6 Å². The Morgan fingerprint density at radius 1 is 0.971 bits per heavy atom. The van der Waals surface area contributed by atoms with Crippen LogP contribution in [0.15, 0.2) is 66.7 Å². The Balaban J connectivity index is 1.66. The zero-order valence-electron chi connectivity index (χ0n) is 17.9. The highest BCUT2D eigenvalue weighted by molar-refractivity contribution is 6.31. The molecule has 2 amide bonds. The average Bonchev–Trinajstić information content (AvgIpc) is 3.09. The first-order chi connectivity index (χ1) is 16.3. The highest BCUT2D eigenvalue weighted by Crippen LogP contribution is 2.64. The highest BCUT2D eigenvalue weighted by atomic mass is 35.5. The Labute approximate surface area is 199 Å². The number of carbonyl (C=O) groups is 3. The number of nitro benzene ring substituents is 1. The minimum atomic E-state index is -1.35. The summed E-state index contributed by atoms with van der Waals surface area (Å²) in [7, 11) is 0. The van der Waals surface area contributed by atoms with Crippen molar-refractivity contribution in [2.45, 2.75) is 18.3 Å². The fourth-order valence-corrected chi connectivity index (χ4v) is 6.61. The molecule has 3 aromatic carbocycles. The molecule has 7 rings (SSSR count). The van der Waals surface area contributed by atoms with Gasteiger partial charge in [0.1, 0.15) is 11.5 Å². The van der Waals surface area contributed by atoms with E-state index in [1.54, 1.807) is 0 Å². The second kappa shape index (κ2) is 6.84. The predicted octanol–water partition coefficient (Wildman–Crippen LogP) is 4.39. The van der Waals surface area contributed by atoms with E-state index >= 15 is 0 Å². The molecule has 168 valence electrons. The van der Waals surface area contributed by atoms with Gasteiger partial charge in [-0.2, -0.15) is 0 Å². The minimum absolute atomic E-state index is 0.118. The molecule has 0 saturated carbocycles. The summed E-state index contributed by atoms with van der Waals surface area (Å²) in [4.78, 5) is 53.5. The molecule has 7 nitrogen and oxygen atoms in total. The van der Waals surface area contributed by atoms with Crippen molar-refractivity contribution < 1.29 is 19.3 Å². The minimum Gasteiger partial charge on any atom is -0.299 e. The maximum absolute atomic E-state index is 14.0. The van der Waals surface area contributed by atoms with Gasteiger partial charge in [0.25, 0.3) is 5.69 Å². The summed E-state index contributed by atoms with van der Waals surface area (Å²) in [6.45, 7) is 1.45. The van der Waals surface area contributed by atoms with Gasteiger partial charge < -0.3 is 0 Å². The van der Waals surface area contributed by atoms with Gasteiger partial charge in [-0.25, -0.2) is 4.90 Å². The molecular weight excluding hydrogens is 456 g/mol. The lowest BCUT2D eigenvalue weighted by Gasteiger charge is -2.52. The molecule has 0 spiro atoms. The third-order valence-electron chi connectivity index (χ3n) is 7.55. The third kappa shape index (κ3) is 2.29. The number of rotatable bonds is 3. The molecule has 1 heterocycles. The number of ketones is 1. The van der Waals surface area contributed by atoms with E-state index in [0.29, 0.717) is 0 Å². The number of carbonyl (C=O) groups excluding carboxylic acids is 3. The lowest BCUT2D eigenvalue weighted by atomic mass is 9.46. The molecule has 1 aliphatic heterocycles. The molecule has 1 saturated heterocycles. The van der Waals surface area contributed by atoms with Gasteiger partial charge in [-0.3, -0.25) is 24.5 Å². The van der Waals surface area contributed by atoms with Crippen LogP contribution < -0.4 is 4.90 Å². The normalized spacial score (nSPS) is 26.2. The maximum Gasteiger partial charge on any atom is 0.294 e. The Kier molecular flexibility index (Phi) is 4.17. The summed E-state index contributed by atoms with van der Waals surface area (Å²) in [6, 6.07) is 18.7. The van der Waals surface area contributed by atoms with Gasteiger partial charge in [0.05, 0.1) is 22.2 Å². The number of anilines is 1. The highest BCUT2D eigenvalue weighted by Gasteiger charge is 2.70. The van der Waals surface area contributed by atoms with Crippen molar-refractivity contribution in [1.82, 2.24) is 0 Å². The van der Waals surface area contributed by atoms with Crippen molar-refractivity contribution >= 4 is 40.6 Å². The number of nitro groups is 1. The van der Waals surface area contributed by atoms with Crippen LogP contribution in [0.25, 0.3) is 0 Å². The van der Waals surface area contributed by atoms with Gasteiger partial charge in [0, 0.05) is 17.0 Å². The smallest absolute Gasteiger partial charge is 0.294 e. The Hall–Kier alpha value is -3.84. The van der Waals surface area contributed by atoms with Gasteiger partial charge in [-0.05, 0) is 41.3 Å². The van der Waals surface area contributed by atoms with Crippen LogP contribution in [0, 0.1) is 22.0 Å². The van der Waals surface area contributed by atoms with Crippen molar-refractivity contribution in [3.63, 3.8) is 0 Å². The Morgan fingerprint density at radius 3 is 2.12 bits per heavy atom. The molecule has 0 unspecified atom stereocenters. The van der Waals surface area contributed by atoms with E-state index in [0.717, 1.165) is 33.2 Å². The second-order valence-corrected chi connectivity index (χ2v) is 9.36. The molecule has 34 heavy (non-hydrogen) atoms. The summed E-state index contributed by atoms with van der Waals surface area (Å²) in [5.41, 5.74) is 1.20. The number of benzene rings is 3. The largest absolute Gasteiger partial charge is 0.299 e. The standard InChI is InChI=1S/C26H17ClN2O5/c1-13(30)26-17-8-4-2-6-15(17)21(16-7-3-5-9-18(16)26)22-23(26)25(32)28(24(22)31)19-11-10-14(27)12-20(19)29(33)34/h2-12,21-23H,1H3/t21?,22-,23-,26?/m1/s1. The van der Waals surface area contributed by atoms with E-state index in [-0.39, 0.29) is 16.5 Å². The van der Waals surface area contributed by atoms with Gasteiger partial charge in [-0.15, -0.1) is 0 Å². The van der Waals surface area contributed by atoms with Crippen molar-refractivity contribution in [3.05, 3.63) is 104 Å². The number of hydrogen-bond donors (Lipinski definition) is 0. The number of hydrogen-bond acceptors (Lipinski definition) is 5. The fraction of sp³-hybridized carbons (Fsp3) is 0.192. The van der Waals surface area contributed by atoms with Crippen molar-refractivity contribution in [1.29, 1.82) is 0 Å². The lowest BCUT2D eigenvalue weighted by Crippen LogP contribution is -2.57. The van der Waals surface area contributed by atoms with E-state index in [9.17, 15) is 24.5 Å². The Morgan fingerprint density at radius 2 is 1.56 bits per heavy atom. The van der Waals surface area contributed by atoms with Gasteiger partial charge in [0.15, 0.2) is 0 Å². The molecule has 3 aromatic rings. The number of Topliss-reactive ketones (excluding diaryl/α,β-unsaturated/α-hetero) is 1. The second-order valence-electron chi connectivity index (χ2n) is 8.92. The van der Waals surface area contributed by atoms with Crippen LogP contribution in [-0.4, -0.2) is 22.5 Å². The summed E-state index contributed by atoms with van der Waals surface area (Å²) in [6.07, 6.45) is 0. The van der Waals surface area contributed by atoms with Crippen molar-refractivity contribution in [2.24, 2.45) is 11.8 Å². The predicted molar refractivity (Wildman–Crippen MR) is 124 cm³/mol. The first-order valence-electron chi connectivity index (χ1n) is 10.8. The van der Waals surface area contributed by atoms with Crippen LogP contribution in [0.3, 0.4) is 0 Å². The molecule has 3 aliphatic carbocycles. The fourth-order valence-electron chi connectivity index (χ4n) is 6.44. The quantitative estimate of drug-likeness (QED) is 0.320. The summed E-state index contributed by atoms with van der Waals surface area (Å²) in [5.74, 6) is -3.68. The first kappa shape index (κ1) is 20.7. The lowest BCUT2D eigenvalue weighted by molar-refractivity contribution is -0.384. The van der Waals surface area contributed by atoms with Crippen LogP contribution >= 0.6 is 11.6 Å².